The lowest BCUT2D eigenvalue weighted by molar-refractivity contribution is -0.147. The zero-order valence-corrected chi connectivity index (χ0v) is 15.8. The monoisotopic (exact) mass is 331 g/mol. The number of carbonyl (C=O) groups excluding carboxylic acids is 2. The molecule has 0 aromatic heterocycles. The second-order valence-corrected chi connectivity index (χ2v) is 9.96. The lowest BCUT2D eigenvalue weighted by atomic mass is 9.45. The van der Waals surface area contributed by atoms with Crippen molar-refractivity contribution in [3.05, 3.63) is 0 Å². The summed E-state index contributed by atoms with van der Waals surface area (Å²) in [6.45, 7) is 8.91. The second-order valence-electron chi connectivity index (χ2n) is 9.96. The molecule has 7 atom stereocenters. The third-order valence-corrected chi connectivity index (χ3v) is 9.48. The van der Waals surface area contributed by atoms with Crippen molar-refractivity contribution < 1.29 is 9.59 Å². The highest BCUT2D eigenvalue weighted by Gasteiger charge is 2.64. The number of nitrogens with one attached hydrogen (secondary N) is 1. The molecule has 1 heterocycles. The molecule has 0 aromatic rings. The van der Waals surface area contributed by atoms with Crippen molar-refractivity contribution in [3.8, 4) is 0 Å². The molecule has 4 fully saturated rings. The Morgan fingerprint density at radius 2 is 1.71 bits per heavy atom. The van der Waals surface area contributed by atoms with E-state index in [0.29, 0.717) is 24.2 Å². The molecule has 1 N–H and O–H groups in total. The van der Waals surface area contributed by atoms with Crippen LogP contribution in [0.3, 0.4) is 0 Å². The van der Waals surface area contributed by atoms with Gasteiger partial charge in [0.25, 0.3) is 0 Å². The summed E-state index contributed by atoms with van der Waals surface area (Å²) in [4.78, 5) is 24.3. The van der Waals surface area contributed by atoms with Crippen molar-refractivity contribution in [3.63, 3.8) is 0 Å². The van der Waals surface area contributed by atoms with Crippen LogP contribution in [0.5, 0.6) is 0 Å². The molecular formula is C21H33NO2. The predicted molar refractivity (Wildman–Crippen MR) is 94.3 cm³/mol. The van der Waals surface area contributed by atoms with Gasteiger partial charge in [0.1, 0.15) is 5.78 Å². The summed E-state index contributed by atoms with van der Waals surface area (Å²) in [5.74, 6) is 2.82. The Morgan fingerprint density at radius 1 is 1.00 bits per heavy atom. The Morgan fingerprint density at radius 3 is 2.42 bits per heavy atom. The van der Waals surface area contributed by atoms with E-state index in [4.69, 9.17) is 0 Å². The molecule has 0 aromatic carbocycles. The molecule has 24 heavy (non-hydrogen) atoms. The van der Waals surface area contributed by atoms with Crippen LogP contribution < -0.4 is 5.32 Å². The summed E-state index contributed by atoms with van der Waals surface area (Å²) < 4.78 is 0. The number of ketones is 1. The Kier molecular flexibility index (Phi) is 3.51. The van der Waals surface area contributed by atoms with Crippen LogP contribution in [0.1, 0.15) is 79.1 Å². The first-order valence-corrected chi connectivity index (χ1v) is 10.0. The number of piperidine rings is 1. The number of hydrogen-bond acceptors (Lipinski definition) is 2. The average Bonchev–Trinajstić information content (AvgIpc) is 2.81. The SMILES string of the molecule is CC(=O)C1(C)CCC2C3CCC4NC(=O)CCC4(C)C3CCC21C. The van der Waals surface area contributed by atoms with Crippen LogP contribution >= 0.6 is 0 Å². The molecule has 3 aliphatic carbocycles. The maximum atomic E-state index is 12.5. The first kappa shape index (κ1) is 16.6. The van der Waals surface area contributed by atoms with Gasteiger partial charge in [0.05, 0.1) is 0 Å². The molecule has 1 aliphatic heterocycles. The van der Waals surface area contributed by atoms with E-state index in [0.717, 1.165) is 31.1 Å². The standard InChI is InChI=1S/C21H33NO2/c1-13(23)20(3)11-8-16-14-5-6-17-19(2,10-9-18(24)22-17)15(14)7-12-21(16,20)4/h14-17H,5-12H2,1-4H3,(H,22,24). The van der Waals surface area contributed by atoms with Gasteiger partial charge in [-0.25, -0.2) is 0 Å². The minimum Gasteiger partial charge on any atom is -0.353 e. The molecule has 4 rings (SSSR count). The minimum absolute atomic E-state index is 0.124. The van der Waals surface area contributed by atoms with Crippen molar-refractivity contribution >= 4 is 11.7 Å². The summed E-state index contributed by atoms with van der Waals surface area (Å²) in [6.07, 6.45) is 8.84. The van der Waals surface area contributed by atoms with E-state index in [1.807, 2.05) is 6.92 Å². The van der Waals surface area contributed by atoms with E-state index < -0.39 is 0 Å². The van der Waals surface area contributed by atoms with E-state index in [9.17, 15) is 9.59 Å². The minimum atomic E-state index is -0.124. The van der Waals surface area contributed by atoms with Gasteiger partial charge in [-0.05, 0) is 80.5 Å². The zero-order chi connectivity index (χ0) is 17.3. The van der Waals surface area contributed by atoms with Gasteiger partial charge in [0.2, 0.25) is 5.91 Å². The number of hydrogen-bond donors (Lipinski definition) is 1. The molecule has 3 heteroatoms. The molecule has 134 valence electrons. The van der Waals surface area contributed by atoms with Crippen LogP contribution in [0, 0.1) is 34.0 Å². The Bertz CT molecular complexity index is 586. The van der Waals surface area contributed by atoms with Crippen molar-refractivity contribution in [1.29, 1.82) is 0 Å². The predicted octanol–water partition coefficient (Wildman–Crippen LogP) is 4.10. The average molecular weight is 332 g/mol. The first-order valence-electron chi connectivity index (χ1n) is 10.0. The Labute approximate surface area is 146 Å². The first-order chi connectivity index (χ1) is 11.2. The number of Topliss-reactive ketones (excluding diaryl/α,β-unsaturated/α-hetero) is 1. The number of amides is 1. The quantitative estimate of drug-likeness (QED) is 0.786. The normalized spacial score (nSPS) is 53.6. The number of fused-ring (bicyclic) bond motifs is 5. The summed E-state index contributed by atoms with van der Waals surface area (Å²) in [6, 6.07) is 0.380. The highest BCUT2D eigenvalue weighted by molar-refractivity contribution is 5.83. The summed E-state index contributed by atoms with van der Waals surface area (Å²) in [7, 11) is 0. The van der Waals surface area contributed by atoms with Crippen LogP contribution in [0.25, 0.3) is 0 Å². The van der Waals surface area contributed by atoms with Gasteiger partial charge >= 0.3 is 0 Å². The van der Waals surface area contributed by atoms with E-state index in [1.54, 1.807) is 0 Å². The van der Waals surface area contributed by atoms with E-state index in [-0.39, 0.29) is 22.2 Å². The molecule has 0 radical (unpaired) electrons. The molecule has 1 saturated heterocycles. The van der Waals surface area contributed by atoms with Gasteiger partial charge in [-0.3, -0.25) is 9.59 Å². The van der Waals surface area contributed by atoms with Crippen molar-refractivity contribution in [2.45, 2.75) is 85.1 Å². The van der Waals surface area contributed by atoms with Crippen LogP contribution in [-0.4, -0.2) is 17.7 Å². The molecule has 3 saturated carbocycles. The maximum absolute atomic E-state index is 12.5. The highest BCUT2D eigenvalue weighted by Crippen LogP contribution is 2.69. The van der Waals surface area contributed by atoms with Gasteiger partial charge < -0.3 is 5.32 Å². The van der Waals surface area contributed by atoms with Crippen LogP contribution in [-0.2, 0) is 9.59 Å². The van der Waals surface area contributed by atoms with Gasteiger partial charge in [-0.2, -0.15) is 0 Å². The molecule has 7 unspecified atom stereocenters. The fourth-order valence-electron chi connectivity index (χ4n) is 7.55. The Balaban J connectivity index is 1.66. The number of carbonyl (C=O) groups is 2. The van der Waals surface area contributed by atoms with Gasteiger partial charge in [0, 0.05) is 17.9 Å². The van der Waals surface area contributed by atoms with Crippen molar-refractivity contribution in [2.24, 2.45) is 34.0 Å². The van der Waals surface area contributed by atoms with Crippen LogP contribution in [0.15, 0.2) is 0 Å². The van der Waals surface area contributed by atoms with Crippen molar-refractivity contribution in [2.75, 3.05) is 0 Å². The van der Waals surface area contributed by atoms with E-state index in [2.05, 4.69) is 26.1 Å². The highest BCUT2D eigenvalue weighted by atomic mass is 16.1. The lowest BCUT2D eigenvalue weighted by Crippen LogP contribution is -2.61. The fraction of sp³-hybridized carbons (Fsp3) is 0.905. The topological polar surface area (TPSA) is 46.2 Å². The molecule has 3 nitrogen and oxygen atoms in total. The van der Waals surface area contributed by atoms with Gasteiger partial charge in [-0.1, -0.05) is 20.8 Å². The Hall–Kier alpha value is -0.860. The van der Waals surface area contributed by atoms with Gasteiger partial charge in [0.15, 0.2) is 0 Å². The molecule has 0 spiro atoms. The van der Waals surface area contributed by atoms with Gasteiger partial charge in [-0.15, -0.1) is 0 Å². The smallest absolute Gasteiger partial charge is 0.220 e. The zero-order valence-electron chi connectivity index (χ0n) is 15.8. The maximum Gasteiger partial charge on any atom is 0.220 e. The van der Waals surface area contributed by atoms with E-state index in [1.165, 1.54) is 25.7 Å². The molecule has 4 aliphatic rings. The lowest BCUT2D eigenvalue weighted by Gasteiger charge is -2.61. The summed E-state index contributed by atoms with van der Waals surface area (Å²) in [5, 5.41) is 3.30. The van der Waals surface area contributed by atoms with E-state index >= 15 is 0 Å². The van der Waals surface area contributed by atoms with Crippen LogP contribution in [0.2, 0.25) is 0 Å². The number of rotatable bonds is 1. The largest absolute Gasteiger partial charge is 0.353 e. The molecule has 0 bridgehead atoms. The molecule has 1 amide bonds. The molecular weight excluding hydrogens is 298 g/mol. The van der Waals surface area contributed by atoms with Crippen LogP contribution in [0.4, 0.5) is 0 Å². The third-order valence-electron chi connectivity index (χ3n) is 9.48. The fourth-order valence-corrected chi connectivity index (χ4v) is 7.55. The summed E-state index contributed by atoms with van der Waals surface area (Å²) >= 11 is 0. The third kappa shape index (κ3) is 1.90. The van der Waals surface area contributed by atoms with Crippen molar-refractivity contribution in [1.82, 2.24) is 5.32 Å². The second kappa shape index (κ2) is 5.08. The summed E-state index contributed by atoms with van der Waals surface area (Å²) in [5.41, 5.74) is 0.329.